The highest BCUT2D eigenvalue weighted by atomic mass is 32.2. The molecule has 5 nitrogen and oxygen atoms in total. The Bertz CT molecular complexity index is 760. The van der Waals surface area contributed by atoms with Crippen LogP contribution in [0.25, 0.3) is 6.08 Å². The fraction of sp³-hybridized carbons (Fsp3) is 0.0625. The smallest absolute Gasteiger partial charge is 0.295 e. The molecule has 2 rings (SSSR count). The van der Waals surface area contributed by atoms with Gasteiger partial charge < -0.3 is 11.1 Å². The molecule has 23 heavy (non-hydrogen) atoms. The van der Waals surface area contributed by atoms with E-state index in [4.69, 9.17) is 10.3 Å². The highest BCUT2D eigenvalue weighted by Crippen LogP contribution is 2.15. The molecule has 0 fully saturated rings. The van der Waals surface area contributed by atoms with Crippen LogP contribution in [0, 0.1) is 0 Å². The van der Waals surface area contributed by atoms with E-state index >= 15 is 0 Å². The van der Waals surface area contributed by atoms with Gasteiger partial charge in [0.2, 0.25) is 0 Å². The molecule has 0 aliphatic rings. The topological polar surface area (TPSA) is 92.4 Å². The molecule has 0 bridgehead atoms. The first-order valence-corrected chi connectivity index (χ1v) is 8.45. The second kappa shape index (κ2) is 9.04. The number of hydrogen-bond acceptors (Lipinski definition) is 3. The average molecular weight is 350 g/mol. The van der Waals surface area contributed by atoms with Crippen LogP contribution in [-0.2, 0) is 16.7 Å². The van der Waals surface area contributed by atoms with Gasteiger partial charge in [0.25, 0.3) is 10.1 Å². The highest BCUT2D eigenvalue weighted by Gasteiger charge is 2.11. The number of benzene rings is 2. The molecule has 4 N–H and O–H groups in total. The second-order valence-electron chi connectivity index (χ2n) is 4.42. The van der Waals surface area contributed by atoms with E-state index in [-0.39, 0.29) is 4.90 Å². The molecule has 0 saturated heterocycles. The zero-order chi connectivity index (χ0) is 17.3. The summed E-state index contributed by atoms with van der Waals surface area (Å²) in [6.45, 7) is 4.13. The molecule has 0 aliphatic heterocycles. The molecule has 0 aliphatic carbocycles. The largest absolute Gasteiger partial charge is 0.376 e. The van der Waals surface area contributed by atoms with Crippen molar-refractivity contribution in [2.75, 3.05) is 0 Å². The van der Waals surface area contributed by atoms with Gasteiger partial charge in [-0.2, -0.15) is 8.42 Å². The fourth-order valence-electron chi connectivity index (χ4n) is 1.67. The molecule has 0 spiro atoms. The third-order valence-corrected chi connectivity index (χ3v) is 3.80. The summed E-state index contributed by atoms with van der Waals surface area (Å²) in [5.41, 5.74) is 6.84. The van der Waals surface area contributed by atoms with E-state index in [0.29, 0.717) is 17.2 Å². The molecule has 2 aromatic rings. The molecule has 0 saturated carbocycles. The molecule has 0 atom stereocenters. The molecule has 0 unspecified atom stereocenters. The van der Waals surface area contributed by atoms with Crippen LogP contribution < -0.4 is 11.1 Å². The van der Waals surface area contributed by atoms with Crippen LogP contribution in [0.15, 0.2) is 66.1 Å². The average Bonchev–Trinajstić information content (AvgIpc) is 2.53. The monoisotopic (exact) mass is 350 g/mol. The van der Waals surface area contributed by atoms with Gasteiger partial charge in [-0.1, -0.05) is 61.2 Å². The lowest BCUT2D eigenvalue weighted by atomic mass is 10.2. The van der Waals surface area contributed by atoms with Crippen molar-refractivity contribution in [3.05, 3.63) is 72.3 Å². The third kappa shape index (κ3) is 7.05. The molecule has 122 valence electrons. The van der Waals surface area contributed by atoms with Crippen LogP contribution in [-0.4, -0.2) is 18.1 Å². The lowest BCUT2D eigenvalue weighted by molar-refractivity contribution is 0.483. The lowest BCUT2D eigenvalue weighted by Crippen LogP contribution is -2.28. The molecule has 0 radical (unpaired) electrons. The van der Waals surface area contributed by atoms with Gasteiger partial charge in [0, 0.05) is 6.54 Å². The Kier molecular flexibility index (Phi) is 7.40. The van der Waals surface area contributed by atoms with Crippen molar-refractivity contribution in [3.63, 3.8) is 0 Å². The first-order valence-electron chi connectivity index (χ1n) is 6.60. The van der Waals surface area contributed by atoms with E-state index in [9.17, 15) is 8.42 Å². The van der Waals surface area contributed by atoms with Crippen LogP contribution >= 0.6 is 12.2 Å². The lowest BCUT2D eigenvalue weighted by Gasteiger charge is -2.02. The minimum atomic E-state index is -4.12. The molecule has 0 aromatic heterocycles. The second-order valence-corrected chi connectivity index (χ2v) is 6.25. The summed E-state index contributed by atoms with van der Waals surface area (Å²) in [6, 6.07) is 16.1. The maximum atomic E-state index is 10.7. The zero-order valence-corrected chi connectivity index (χ0v) is 14.0. The SMILES string of the molecule is C=Cc1ccccc1S(=O)(=O)O.NC(=S)NCc1ccccc1. The zero-order valence-electron chi connectivity index (χ0n) is 12.3. The van der Waals surface area contributed by atoms with Crippen LogP contribution in [0.3, 0.4) is 0 Å². The molecule has 7 heteroatoms. The molecule has 0 heterocycles. The predicted octanol–water partition coefficient (Wildman–Crippen LogP) is 2.60. The van der Waals surface area contributed by atoms with Gasteiger partial charge >= 0.3 is 0 Å². The van der Waals surface area contributed by atoms with Crippen LogP contribution in [0.4, 0.5) is 0 Å². The van der Waals surface area contributed by atoms with Gasteiger partial charge in [0.05, 0.1) is 0 Å². The predicted molar refractivity (Wildman–Crippen MR) is 96.4 cm³/mol. The van der Waals surface area contributed by atoms with Crippen molar-refractivity contribution < 1.29 is 13.0 Å². The summed E-state index contributed by atoms with van der Waals surface area (Å²) >= 11 is 4.66. The Morgan fingerprint density at radius 3 is 2.22 bits per heavy atom. The summed E-state index contributed by atoms with van der Waals surface area (Å²) in [5.74, 6) is 0. The Hall–Kier alpha value is -2.22. The van der Waals surface area contributed by atoms with Crippen molar-refractivity contribution in [2.45, 2.75) is 11.4 Å². The van der Waals surface area contributed by atoms with E-state index in [0.717, 1.165) is 0 Å². The van der Waals surface area contributed by atoms with E-state index in [1.807, 2.05) is 30.3 Å². The summed E-state index contributed by atoms with van der Waals surface area (Å²) in [5, 5.41) is 3.21. The van der Waals surface area contributed by atoms with Crippen LogP contribution in [0.1, 0.15) is 11.1 Å². The van der Waals surface area contributed by atoms with Crippen molar-refractivity contribution in [1.29, 1.82) is 0 Å². The first kappa shape index (κ1) is 18.8. The fourth-order valence-corrected chi connectivity index (χ4v) is 2.44. The quantitative estimate of drug-likeness (QED) is 0.580. The summed E-state index contributed by atoms with van der Waals surface area (Å²) < 4.78 is 30.2. The summed E-state index contributed by atoms with van der Waals surface area (Å²) in [7, 11) is -4.12. The van der Waals surface area contributed by atoms with Crippen LogP contribution in [0.2, 0.25) is 0 Å². The Labute approximate surface area is 141 Å². The van der Waals surface area contributed by atoms with E-state index in [2.05, 4.69) is 24.1 Å². The number of hydrogen-bond donors (Lipinski definition) is 3. The maximum Gasteiger partial charge on any atom is 0.295 e. The van der Waals surface area contributed by atoms with Gasteiger partial charge in [-0.15, -0.1) is 0 Å². The molecule has 2 aromatic carbocycles. The van der Waals surface area contributed by atoms with Gasteiger partial charge in [-0.25, -0.2) is 0 Å². The minimum absolute atomic E-state index is 0.111. The Morgan fingerprint density at radius 2 is 1.74 bits per heavy atom. The van der Waals surface area contributed by atoms with Gasteiger partial charge in [-0.3, -0.25) is 4.55 Å². The van der Waals surface area contributed by atoms with E-state index < -0.39 is 10.1 Å². The Balaban J connectivity index is 0.000000231. The maximum absolute atomic E-state index is 10.7. The van der Waals surface area contributed by atoms with Crippen LogP contribution in [0.5, 0.6) is 0 Å². The molecular weight excluding hydrogens is 332 g/mol. The van der Waals surface area contributed by atoms with Crippen molar-refractivity contribution in [3.8, 4) is 0 Å². The minimum Gasteiger partial charge on any atom is -0.376 e. The van der Waals surface area contributed by atoms with Gasteiger partial charge in [0.1, 0.15) is 4.90 Å². The highest BCUT2D eigenvalue weighted by molar-refractivity contribution is 7.86. The van der Waals surface area contributed by atoms with Gasteiger partial charge in [0.15, 0.2) is 5.11 Å². The molecular formula is C16H18N2O3S2. The van der Waals surface area contributed by atoms with Crippen molar-refractivity contribution in [1.82, 2.24) is 5.32 Å². The Morgan fingerprint density at radius 1 is 1.17 bits per heavy atom. The first-order chi connectivity index (χ1) is 10.8. The van der Waals surface area contributed by atoms with Gasteiger partial charge in [-0.05, 0) is 29.4 Å². The number of nitrogens with two attached hydrogens (primary N) is 1. The number of nitrogens with one attached hydrogen (secondary N) is 1. The third-order valence-electron chi connectivity index (χ3n) is 2.73. The van der Waals surface area contributed by atoms with Crippen molar-refractivity contribution in [2.24, 2.45) is 5.73 Å². The number of thiocarbonyl (C=S) groups is 1. The van der Waals surface area contributed by atoms with Crippen molar-refractivity contribution >= 4 is 33.5 Å². The summed E-state index contributed by atoms with van der Waals surface area (Å²) in [4.78, 5) is -0.111. The number of rotatable bonds is 4. The van der Waals surface area contributed by atoms with E-state index in [1.54, 1.807) is 12.1 Å². The van der Waals surface area contributed by atoms with E-state index in [1.165, 1.54) is 23.8 Å². The molecule has 0 amide bonds. The summed E-state index contributed by atoms with van der Waals surface area (Å²) in [6.07, 6.45) is 1.38. The standard InChI is InChI=1S/C8H10N2S.C8H8O3S/c9-8(11)10-6-7-4-2-1-3-5-7;1-2-7-5-3-4-6-8(7)12(9,10)11/h1-5H,6H2,(H3,9,10,11);2-6H,1H2,(H,9,10,11). The normalized spacial score (nSPS) is 10.1.